The van der Waals surface area contributed by atoms with Crippen LogP contribution >= 0.6 is 0 Å². The van der Waals surface area contributed by atoms with Crippen LogP contribution in [0.1, 0.15) is 61.0 Å². The zero-order valence-corrected chi connectivity index (χ0v) is 28.3. The fraction of sp³-hybridized carbons (Fsp3) is 0.421. The predicted molar refractivity (Wildman–Crippen MR) is 180 cm³/mol. The van der Waals surface area contributed by atoms with Gasteiger partial charge in [0, 0.05) is 27.2 Å². The zero-order valence-electron chi connectivity index (χ0n) is 27.3. The van der Waals surface area contributed by atoms with Crippen molar-refractivity contribution in [2.45, 2.75) is 84.9 Å². The normalized spacial score (nSPS) is 24.0. The van der Waals surface area contributed by atoms with E-state index in [-0.39, 0.29) is 15.9 Å². The maximum atomic E-state index is 7.13. The van der Waals surface area contributed by atoms with Crippen LogP contribution in [0.25, 0.3) is 43.1 Å². The van der Waals surface area contributed by atoms with Crippen LogP contribution in [0, 0.1) is 10.8 Å². The molecule has 2 atom stereocenters. The van der Waals surface area contributed by atoms with Gasteiger partial charge in [0.25, 0.3) is 14.1 Å². The minimum Gasteiger partial charge on any atom is -0.543 e. The first-order valence-electron chi connectivity index (χ1n) is 15.5. The fourth-order valence-corrected chi connectivity index (χ4v) is 8.69. The van der Waals surface area contributed by atoms with Gasteiger partial charge in [-0.15, -0.1) is 0 Å². The van der Waals surface area contributed by atoms with Gasteiger partial charge in [-0.05, 0) is 62.6 Å². The molecule has 5 aromatic rings. The Hall–Kier alpha value is -2.96. The van der Waals surface area contributed by atoms with E-state index < -0.39 is 19.7 Å². The van der Waals surface area contributed by atoms with Gasteiger partial charge in [-0.3, -0.25) is 0 Å². The van der Waals surface area contributed by atoms with E-state index in [0.29, 0.717) is 6.61 Å². The first kappa shape index (κ1) is 28.8. The van der Waals surface area contributed by atoms with Crippen molar-refractivity contribution in [2.75, 3.05) is 6.61 Å². The number of hydrogen-bond acceptors (Lipinski definition) is 4. The monoisotopic (exact) mass is 592 g/mol. The molecule has 0 N–H and O–H groups in total. The summed E-state index contributed by atoms with van der Waals surface area (Å²) in [5, 5.41) is 9.72. The van der Waals surface area contributed by atoms with Crippen LogP contribution in [0.15, 0.2) is 72.8 Å². The lowest BCUT2D eigenvalue weighted by atomic mass is 9.57. The molecule has 5 heteroatoms. The van der Waals surface area contributed by atoms with Crippen LogP contribution in [0.4, 0.5) is 0 Å². The molecule has 0 aliphatic carbocycles. The number of rotatable bonds is 3. The molecule has 2 aliphatic rings. The Labute approximate surface area is 256 Å². The SMILES string of the molecule is CC(C)(C)C12OOC1(c1ccc3c(c1)cc(O[Si](C)(C)C(C)(C)C)c1ccc4ccc5ccccc5c4c13)OCC2(C)C. The first-order chi connectivity index (χ1) is 20.0. The van der Waals surface area contributed by atoms with E-state index in [4.69, 9.17) is 18.9 Å². The van der Waals surface area contributed by atoms with Gasteiger partial charge in [0.15, 0.2) is 5.60 Å². The Morgan fingerprint density at radius 1 is 0.698 bits per heavy atom. The number of hydrogen-bond donors (Lipinski definition) is 0. The molecular formula is C38H44O4Si. The highest BCUT2D eigenvalue weighted by Gasteiger charge is 2.81. The van der Waals surface area contributed by atoms with Gasteiger partial charge >= 0.3 is 0 Å². The van der Waals surface area contributed by atoms with Crippen molar-refractivity contribution in [1.29, 1.82) is 0 Å². The van der Waals surface area contributed by atoms with E-state index in [0.717, 1.165) is 22.1 Å². The molecule has 0 aromatic heterocycles. The summed E-state index contributed by atoms with van der Waals surface area (Å²) in [4.78, 5) is 12.2. The van der Waals surface area contributed by atoms with Crippen molar-refractivity contribution in [2.24, 2.45) is 10.8 Å². The summed E-state index contributed by atoms with van der Waals surface area (Å²) >= 11 is 0. The van der Waals surface area contributed by atoms with Crippen molar-refractivity contribution in [3.05, 3.63) is 78.4 Å². The van der Waals surface area contributed by atoms with Crippen LogP contribution in [-0.4, -0.2) is 20.5 Å². The molecule has 224 valence electrons. The third kappa shape index (κ3) is 3.72. The largest absolute Gasteiger partial charge is 0.543 e. The van der Waals surface area contributed by atoms with Gasteiger partial charge in [0.1, 0.15) is 5.75 Å². The Bertz CT molecular complexity index is 1940. The highest BCUT2D eigenvalue weighted by atomic mass is 28.4. The summed E-state index contributed by atoms with van der Waals surface area (Å²) in [6.45, 7) is 23.2. The van der Waals surface area contributed by atoms with Crippen LogP contribution in [-0.2, 0) is 20.3 Å². The van der Waals surface area contributed by atoms with Crippen molar-refractivity contribution in [1.82, 2.24) is 0 Å². The second-order valence-corrected chi connectivity index (χ2v) is 20.7. The average Bonchev–Trinajstić information content (AvgIpc) is 3.07. The van der Waals surface area contributed by atoms with Gasteiger partial charge in [-0.2, -0.15) is 4.89 Å². The second-order valence-electron chi connectivity index (χ2n) is 15.9. The van der Waals surface area contributed by atoms with Gasteiger partial charge in [-0.1, -0.05) is 116 Å². The van der Waals surface area contributed by atoms with Crippen LogP contribution in [0.2, 0.25) is 18.1 Å². The number of ether oxygens (including phenoxy) is 1. The lowest BCUT2D eigenvalue weighted by molar-refractivity contribution is -0.626. The Kier molecular flexibility index (Phi) is 5.90. The lowest BCUT2D eigenvalue weighted by Crippen LogP contribution is -2.73. The van der Waals surface area contributed by atoms with E-state index in [2.05, 4.69) is 141 Å². The molecular weight excluding hydrogens is 549 g/mol. The van der Waals surface area contributed by atoms with E-state index in [1.54, 1.807) is 0 Å². The zero-order chi connectivity index (χ0) is 30.8. The van der Waals surface area contributed by atoms with E-state index in [9.17, 15) is 0 Å². The minimum absolute atomic E-state index is 0.0608. The molecule has 2 aliphatic heterocycles. The van der Waals surface area contributed by atoms with E-state index in [1.165, 1.54) is 32.3 Å². The van der Waals surface area contributed by atoms with Gasteiger partial charge in [-0.25, -0.2) is 4.89 Å². The highest BCUT2D eigenvalue weighted by Crippen LogP contribution is 2.69. The molecule has 4 nitrogen and oxygen atoms in total. The summed E-state index contributed by atoms with van der Waals surface area (Å²) < 4.78 is 13.8. The summed E-state index contributed by atoms with van der Waals surface area (Å²) in [7, 11) is -2.15. The predicted octanol–water partition coefficient (Wildman–Crippen LogP) is 10.6. The maximum absolute atomic E-state index is 7.13. The molecule has 2 fully saturated rings. The lowest BCUT2D eigenvalue weighted by Gasteiger charge is -2.61. The third-order valence-electron chi connectivity index (χ3n) is 10.7. The maximum Gasteiger partial charge on any atom is 0.261 e. The van der Waals surface area contributed by atoms with Gasteiger partial charge in [0.05, 0.1) is 6.61 Å². The smallest absolute Gasteiger partial charge is 0.261 e. The Balaban J connectivity index is 1.56. The first-order valence-corrected chi connectivity index (χ1v) is 18.5. The van der Waals surface area contributed by atoms with Crippen molar-refractivity contribution in [3.63, 3.8) is 0 Å². The van der Waals surface area contributed by atoms with Crippen LogP contribution < -0.4 is 4.43 Å². The number of fused-ring (bicyclic) bond motifs is 8. The molecule has 0 radical (unpaired) electrons. The summed E-state index contributed by atoms with van der Waals surface area (Å²) in [5.74, 6) is -0.0387. The molecule has 7 rings (SSSR count). The van der Waals surface area contributed by atoms with Crippen molar-refractivity contribution >= 4 is 51.4 Å². The molecule has 2 saturated heterocycles. The molecule has 2 heterocycles. The Morgan fingerprint density at radius 3 is 2.02 bits per heavy atom. The molecule has 0 saturated carbocycles. The minimum atomic E-state index is -2.15. The van der Waals surface area contributed by atoms with Crippen LogP contribution in [0.3, 0.4) is 0 Å². The van der Waals surface area contributed by atoms with E-state index in [1.807, 2.05) is 0 Å². The topological polar surface area (TPSA) is 36.9 Å². The summed E-state index contributed by atoms with van der Waals surface area (Å²) in [6.07, 6.45) is 0. The number of benzene rings is 5. The quantitative estimate of drug-likeness (QED) is 0.119. The molecule has 0 bridgehead atoms. The summed E-state index contributed by atoms with van der Waals surface area (Å²) in [5.41, 5.74) is -0.126. The Morgan fingerprint density at radius 2 is 1.35 bits per heavy atom. The molecule has 0 amide bonds. The average molecular weight is 593 g/mol. The fourth-order valence-electron chi connectivity index (χ4n) is 7.67. The second kappa shape index (κ2) is 8.82. The third-order valence-corrected chi connectivity index (χ3v) is 15.1. The molecule has 2 unspecified atom stereocenters. The molecule has 5 aromatic carbocycles. The molecule has 0 spiro atoms. The molecule has 43 heavy (non-hydrogen) atoms. The summed E-state index contributed by atoms with van der Waals surface area (Å²) in [6, 6.07) is 26.6. The van der Waals surface area contributed by atoms with Crippen LogP contribution in [0.5, 0.6) is 5.75 Å². The van der Waals surface area contributed by atoms with Crippen molar-refractivity contribution in [3.8, 4) is 5.75 Å². The van der Waals surface area contributed by atoms with E-state index >= 15 is 0 Å². The standard InChI is InChI=1S/C38H44O4Si/c1-34(2,3)38-36(7,8)23-39-37(38,41-42-38)27-18-20-29-26(21-27)22-31(40-43(9,10)35(4,5)6)30-19-17-25-16-15-24-13-11-12-14-28(24)32(25)33(29)30/h11-22H,23H2,1-10H3. The van der Waals surface area contributed by atoms with Gasteiger partial charge < -0.3 is 9.16 Å². The van der Waals surface area contributed by atoms with Gasteiger partial charge in [0.2, 0.25) is 0 Å². The highest BCUT2D eigenvalue weighted by molar-refractivity contribution is 6.74. The van der Waals surface area contributed by atoms with Crippen molar-refractivity contribution < 1.29 is 18.9 Å².